The Labute approximate surface area is 113 Å². The van der Waals surface area contributed by atoms with E-state index in [1.165, 1.54) is 0 Å². The lowest BCUT2D eigenvalue weighted by Crippen LogP contribution is -2.38. The van der Waals surface area contributed by atoms with E-state index in [-0.39, 0.29) is 11.9 Å². The van der Waals surface area contributed by atoms with Crippen LogP contribution in [0.25, 0.3) is 0 Å². The van der Waals surface area contributed by atoms with Crippen LogP contribution in [-0.4, -0.2) is 16.8 Å². The van der Waals surface area contributed by atoms with Crippen molar-refractivity contribution in [3.8, 4) is 0 Å². The average Bonchev–Trinajstić information content (AvgIpc) is 2.38. The number of amides is 1. The van der Waals surface area contributed by atoms with E-state index in [4.69, 9.17) is 11.6 Å². The van der Waals surface area contributed by atoms with Gasteiger partial charge in [-0.1, -0.05) is 42.0 Å². The highest BCUT2D eigenvalue weighted by atomic mass is 35.5. The standard InChI is InChI=1S/C15H18ClNO/c1-12(18)17(14-8-3-2-4-9-14)11-13-7-5-6-10-15(13)16/h3,5-8,10,14H,2,4,9,11H2,1H3. The Hall–Kier alpha value is -1.28. The molecule has 0 fully saturated rings. The molecule has 1 unspecified atom stereocenters. The summed E-state index contributed by atoms with van der Waals surface area (Å²) in [5, 5.41) is 0.725. The second-order valence-corrected chi connectivity index (χ2v) is 5.07. The molecule has 1 amide bonds. The number of hydrogen-bond acceptors (Lipinski definition) is 1. The molecule has 0 saturated heterocycles. The Balaban J connectivity index is 2.16. The highest BCUT2D eigenvalue weighted by Crippen LogP contribution is 2.22. The summed E-state index contributed by atoms with van der Waals surface area (Å²) in [5.41, 5.74) is 1.01. The van der Waals surface area contributed by atoms with Gasteiger partial charge in [0.25, 0.3) is 0 Å². The number of nitrogens with zero attached hydrogens (tertiary/aromatic N) is 1. The lowest BCUT2D eigenvalue weighted by Gasteiger charge is -2.31. The minimum atomic E-state index is 0.103. The SMILES string of the molecule is CC(=O)N(Cc1ccccc1Cl)C1C=CCCC1. The summed E-state index contributed by atoms with van der Waals surface area (Å²) >= 11 is 6.16. The molecule has 1 aromatic rings. The monoisotopic (exact) mass is 263 g/mol. The van der Waals surface area contributed by atoms with Crippen LogP contribution in [0.5, 0.6) is 0 Å². The van der Waals surface area contributed by atoms with E-state index in [2.05, 4.69) is 12.2 Å². The molecule has 0 radical (unpaired) electrons. The van der Waals surface area contributed by atoms with Crippen molar-refractivity contribution in [1.29, 1.82) is 0 Å². The lowest BCUT2D eigenvalue weighted by molar-refractivity contribution is -0.131. The van der Waals surface area contributed by atoms with E-state index >= 15 is 0 Å². The van der Waals surface area contributed by atoms with Crippen LogP contribution >= 0.6 is 11.6 Å². The Morgan fingerprint density at radius 3 is 2.83 bits per heavy atom. The fraction of sp³-hybridized carbons (Fsp3) is 0.400. The first-order valence-electron chi connectivity index (χ1n) is 6.36. The highest BCUT2D eigenvalue weighted by molar-refractivity contribution is 6.31. The summed E-state index contributed by atoms with van der Waals surface area (Å²) in [6.07, 6.45) is 7.61. The van der Waals surface area contributed by atoms with Gasteiger partial charge in [-0.05, 0) is 30.9 Å². The minimum absolute atomic E-state index is 0.103. The summed E-state index contributed by atoms with van der Waals surface area (Å²) < 4.78 is 0. The largest absolute Gasteiger partial charge is 0.332 e. The minimum Gasteiger partial charge on any atom is -0.332 e. The molecule has 1 aliphatic carbocycles. The molecule has 0 aliphatic heterocycles. The predicted octanol–water partition coefficient (Wildman–Crippen LogP) is 3.80. The molecule has 1 aromatic carbocycles. The fourth-order valence-corrected chi connectivity index (χ4v) is 2.52. The van der Waals surface area contributed by atoms with Crippen molar-refractivity contribution in [2.45, 2.75) is 38.8 Å². The van der Waals surface area contributed by atoms with Gasteiger partial charge in [-0.25, -0.2) is 0 Å². The van der Waals surface area contributed by atoms with Gasteiger partial charge in [-0.2, -0.15) is 0 Å². The molecular formula is C15H18ClNO. The molecule has 2 rings (SSSR count). The lowest BCUT2D eigenvalue weighted by atomic mass is 10.0. The van der Waals surface area contributed by atoms with E-state index < -0.39 is 0 Å². The molecule has 0 saturated carbocycles. The maximum absolute atomic E-state index is 11.8. The van der Waals surface area contributed by atoms with E-state index in [1.807, 2.05) is 29.2 Å². The fourth-order valence-electron chi connectivity index (χ4n) is 2.33. The first-order chi connectivity index (χ1) is 8.68. The van der Waals surface area contributed by atoms with Gasteiger partial charge in [-0.15, -0.1) is 0 Å². The number of carbonyl (C=O) groups is 1. The van der Waals surface area contributed by atoms with E-state index in [0.29, 0.717) is 6.54 Å². The van der Waals surface area contributed by atoms with Gasteiger partial charge >= 0.3 is 0 Å². The van der Waals surface area contributed by atoms with Crippen LogP contribution in [0.1, 0.15) is 31.7 Å². The normalized spacial score (nSPS) is 18.7. The Morgan fingerprint density at radius 2 is 2.22 bits per heavy atom. The Kier molecular flexibility index (Phi) is 4.43. The summed E-state index contributed by atoms with van der Waals surface area (Å²) in [7, 11) is 0. The highest BCUT2D eigenvalue weighted by Gasteiger charge is 2.20. The predicted molar refractivity (Wildman–Crippen MR) is 74.5 cm³/mol. The maximum Gasteiger partial charge on any atom is 0.220 e. The van der Waals surface area contributed by atoms with Crippen LogP contribution in [0, 0.1) is 0 Å². The van der Waals surface area contributed by atoms with Crippen LogP contribution in [0.4, 0.5) is 0 Å². The molecule has 18 heavy (non-hydrogen) atoms. The Morgan fingerprint density at radius 1 is 1.44 bits per heavy atom. The van der Waals surface area contributed by atoms with Crippen molar-refractivity contribution in [2.24, 2.45) is 0 Å². The van der Waals surface area contributed by atoms with Crippen LogP contribution in [0.3, 0.4) is 0 Å². The van der Waals surface area contributed by atoms with E-state index in [9.17, 15) is 4.79 Å². The third-order valence-corrected chi connectivity index (χ3v) is 3.70. The van der Waals surface area contributed by atoms with Crippen LogP contribution < -0.4 is 0 Å². The molecule has 1 atom stereocenters. The molecule has 96 valence electrons. The zero-order valence-electron chi connectivity index (χ0n) is 10.6. The summed E-state index contributed by atoms with van der Waals surface area (Å²) in [5.74, 6) is 0.103. The molecule has 0 aromatic heterocycles. The number of halogens is 1. The van der Waals surface area contributed by atoms with E-state index in [1.54, 1.807) is 6.92 Å². The smallest absolute Gasteiger partial charge is 0.220 e. The summed E-state index contributed by atoms with van der Waals surface area (Å²) in [4.78, 5) is 13.7. The molecule has 3 heteroatoms. The second-order valence-electron chi connectivity index (χ2n) is 4.66. The average molecular weight is 264 g/mol. The molecule has 0 spiro atoms. The number of carbonyl (C=O) groups excluding carboxylic acids is 1. The number of allylic oxidation sites excluding steroid dienone is 1. The quantitative estimate of drug-likeness (QED) is 0.760. The second kappa shape index (κ2) is 6.05. The molecule has 0 N–H and O–H groups in total. The van der Waals surface area contributed by atoms with Gasteiger partial charge in [0.15, 0.2) is 0 Å². The van der Waals surface area contributed by atoms with Crippen molar-refractivity contribution in [3.05, 3.63) is 47.0 Å². The summed E-state index contributed by atoms with van der Waals surface area (Å²) in [6.45, 7) is 2.21. The van der Waals surface area contributed by atoms with Gasteiger partial charge < -0.3 is 4.90 Å². The zero-order valence-corrected chi connectivity index (χ0v) is 11.4. The summed E-state index contributed by atoms with van der Waals surface area (Å²) in [6, 6.07) is 7.92. The number of hydrogen-bond donors (Lipinski definition) is 0. The van der Waals surface area contributed by atoms with Gasteiger partial charge in [0.2, 0.25) is 5.91 Å². The Bertz CT molecular complexity index is 456. The van der Waals surface area contributed by atoms with Crippen LogP contribution in [-0.2, 0) is 11.3 Å². The molecule has 1 aliphatic rings. The third kappa shape index (κ3) is 3.14. The van der Waals surface area contributed by atoms with Gasteiger partial charge in [0, 0.05) is 18.5 Å². The van der Waals surface area contributed by atoms with Crippen molar-refractivity contribution < 1.29 is 4.79 Å². The third-order valence-electron chi connectivity index (χ3n) is 3.33. The number of benzene rings is 1. The van der Waals surface area contributed by atoms with Crippen molar-refractivity contribution in [3.63, 3.8) is 0 Å². The van der Waals surface area contributed by atoms with Crippen LogP contribution in [0.2, 0.25) is 5.02 Å². The van der Waals surface area contributed by atoms with Gasteiger partial charge in [0.05, 0.1) is 6.04 Å². The zero-order chi connectivity index (χ0) is 13.0. The molecule has 0 heterocycles. The first kappa shape index (κ1) is 13.2. The molecule has 2 nitrogen and oxygen atoms in total. The van der Waals surface area contributed by atoms with Gasteiger partial charge in [-0.3, -0.25) is 4.79 Å². The first-order valence-corrected chi connectivity index (χ1v) is 6.73. The van der Waals surface area contributed by atoms with Crippen molar-refractivity contribution >= 4 is 17.5 Å². The molecular weight excluding hydrogens is 246 g/mol. The topological polar surface area (TPSA) is 20.3 Å². The maximum atomic E-state index is 11.8. The van der Waals surface area contributed by atoms with E-state index in [0.717, 1.165) is 29.8 Å². The number of rotatable bonds is 3. The van der Waals surface area contributed by atoms with Crippen molar-refractivity contribution in [1.82, 2.24) is 4.90 Å². The van der Waals surface area contributed by atoms with Crippen LogP contribution in [0.15, 0.2) is 36.4 Å². The molecule has 0 bridgehead atoms. The van der Waals surface area contributed by atoms with Gasteiger partial charge in [0.1, 0.15) is 0 Å². The van der Waals surface area contributed by atoms with Crippen molar-refractivity contribution in [2.75, 3.05) is 0 Å².